The van der Waals surface area contributed by atoms with E-state index >= 15 is 0 Å². The van der Waals surface area contributed by atoms with Crippen LogP contribution in [-0.4, -0.2) is 50.0 Å². The molecule has 1 N–H and O–H groups in total. The lowest BCUT2D eigenvalue weighted by Crippen LogP contribution is -2.49. The van der Waals surface area contributed by atoms with Crippen LogP contribution in [0, 0.1) is 11.6 Å². The van der Waals surface area contributed by atoms with Gasteiger partial charge in [-0.05, 0) is 56.5 Å². The zero-order valence-electron chi connectivity index (χ0n) is 20.8. The van der Waals surface area contributed by atoms with Crippen LogP contribution in [0.5, 0.6) is 0 Å². The molecule has 0 aliphatic carbocycles. The second kappa shape index (κ2) is 13.0. The monoisotopic (exact) mass is 543 g/mol. The molecule has 2 atom stereocenters. The number of rotatable bonds is 12. The summed E-state index contributed by atoms with van der Waals surface area (Å²) in [7, 11) is -3.82. The first-order valence-electron chi connectivity index (χ1n) is 11.6. The van der Waals surface area contributed by atoms with Gasteiger partial charge in [0.05, 0.1) is 11.9 Å². The minimum atomic E-state index is -3.82. The van der Waals surface area contributed by atoms with E-state index in [9.17, 15) is 26.8 Å². The smallest absolute Gasteiger partial charge is 0.242 e. The van der Waals surface area contributed by atoms with Crippen molar-refractivity contribution in [3.8, 4) is 0 Å². The molecule has 2 amide bonds. The SMILES string of the molecule is CC[C@@H](C)NC(=O)[C@@H](C)N(Cc1ccc(Cl)cc1)C(=O)CCCN(c1ccc(F)c(F)c1)S(C)(=O)=O. The maximum atomic E-state index is 13.7. The molecule has 198 valence electrons. The van der Waals surface area contributed by atoms with E-state index in [0.29, 0.717) is 5.02 Å². The number of carbonyl (C=O) groups excluding carboxylic acids is 2. The second-order valence-corrected chi connectivity index (χ2v) is 11.0. The van der Waals surface area contributed by atoms with Gasteiger partial charge in [-0.25, -0.2) is 17.2 Å². The summed E-state index contributed by atoms with van der Waals surface area (Å²) < 4.78 is 52.5. The van der Waals surface area contributed by atoms with Crippen LogP contribution in [0.1, 0.15) is 45.6 Å². The number of hydrogen-bond acceptors (Lipinski definition) is 4. The van der Waals surface area contributed by atoms with Crippen LogP contribution < -0.4 is 9.62 Å². The number of anilines is 1. The van der Waals surface area contributed by atoms with Crippen molar-refractivity contribution in [3.63, 3.8) is 0 Å². The summed E-state index contributed by atoms with van der Waals surface area (Å²) in [5, 5.41) is 3.42. The first-order chi connectivity index (χ1) is 16.8. The molecule has 0 aliphatic heterocycles. The van der Waals surface area contributed by atoms with Crippen molar-refractivity contribution in [2.45, 2.75) is 58.7 Å². The molecule has 0 unspecified atom stereocenters. The first-order valence-corrected chi connectivity index (χ1v) is 13.8. The molecule has 0 aromatic heterocycles. The molecule has 0 bridgehead atoms. The topological polar surface area (TPSA) is 86.8 Å². The molecule has 0 radical (unpaired) electrons. The van der Waals surface area contributed by atoms with Crippen LogP contribution in [0.2, 0.25) is 5.02 Å². The van der Waals surface area contributed by atoms with Crippen molar-refractivity contribution in [2.75, 3.05) is 17.1 Å². The number of carbonyl (C=O) groups is 2. The number of halogens is 3. The van der Waals surface area contributed by atoms with Gasteiger partial charge in [0.1, 0.15) is 6.04 Å². The molecule has 0 heterocycles. The van der Waals surface area contributed by atoms with Crippen LogP contribution in [0.4, 0.5) is 14.5 Å². The summed E-state index contributed by atoms with van der Waals surface area (Å²) in [4.78, 5) is 27.4. The van der Waals surface area contributed by atoms with Crippen LogP contribution in [0.3, 0.4) is 0 Å². The van der Waals surface area contributed by atoms with Gasteiger partial charge in [0.25, 0.3) is 0 Å². The molecule has 2 aromatic rings. The molecule has 0 aliphatic rings. The van der Waals surface area contributed by atoms with Gasteiger partial charge in [-0.2, -0.15) is 0 Å². The molecular weight excluding hydrogens is 512 g/mol. The lowest BCUT2D eigenvalue weighted by Gasteiger charge is -2.30. The zero-order chi connectivity index (χ0) is 27.0. The van der Waals surface area contributed by atoms with Crippen molar-refractivity contribution in [1.29, 1.82) is 0 Å². The third-order valence-corrected chi connectivity index (χ3v) is 7.22. The zero-order valence-corrected chi connectivity index (χ0v) is 22.4. The highest BCUT2D eigenvalue weighted by molar-refractivity contribution is 7.92. The number of sulfonamides is 1. The van der Waals surface area contributed by atoms with E-state index in [0.717, 1.165) is 40.7 Å². The summed E-state index contributed by atoms with van der Waals surface area (Å²) >= 11 is 5.96. The van der Waals surface area contributed by atoms with Gasteiger partial charge in [-0.3, -0.25) is 13.9 Å². The molecule has 2 aromatic carbocycles. The fourth-order valence-corrected chi connectivity index (χ4v) is 4.56. The Labute approximate surface area is 216 Å². The maximum absolute atomic E-state index is 13.7. The standard InChI is InChI=1S/C25H32ClF2N3O4S/c1-5-17(2)29-25(33)18(3)30(16-19-8-10-20(26)11-9-19)24(32)7-6-14-31(36(4,34)35)21-12-13-22(27)23(28)15-21/h8-13,15,17-18H,5-7,14,16H2,1-4H3,(H,29,33)/t17-,18-/m1/s1. The van der Waals surface area contributed by atoms with Crippen molar-refractivity contribution >= 4 is 39.1 Å². The van der Waals surface area contributed by atoms with Gasteiger partial charge in [0.2, 0.25) is 21.8 Å². The third-order valence-electron chi connectivity index (χ3n) is 5.78. The molecule has 0 saturated heterocycles. The average Bonchev–Trinajstić information content (AvgIpc) is 2.81. The lowest BCUT2D eigenvalue weighted by atomic mass is 10.1. The molecular formula is C25H32ClF2N3O4S. The van der Waals surface area contributed by atoms with Crippen molar-refractivity contribution in [3.05, 3.63) is 64.7 Å². The Morgan fingerprint density at radius 3 is 2.25 bits per heavy atom. The number of hydrogen-bond donors (Lipinski definition) is 1. The minimum absolute atomic E-state index is 0.0387. The van der Waals surface area contributed by atoms with E-state index in [1.54, 1.807) is 31.2 Å². The highest BCUT2D eigenvalue weighted by atomic mass is 35.5. The molecule has 11 heteroatoms. The molecule has 36 heavy (non-hydrogen) atoms. The Bertz CT molecular complexity index is 1160. The minimum Gasteiger partial charge on any atom is -0.352 e. The largest absolute Gasteiger partial charge is 0.352 e. The summed E-state index contributed by atoms with van der Waals surface area (Å²) in [6, 6.07) is 8.87. The Balaban J connectivity index is 2.18. The van der Waals surface area contributed by atoms with Crippen molar-refractivity contribution in [1.82, 2.24) is 10.2 Å². The predicted octanol–water partition coefficient (Wildman–Crippen LogP) is 4.50. The van der Waals surface area contributed by atoms with Gasteiger partial charge in [-0.15, -0.1) is 0 Å². The van der Waals surface area contributed by atoms with E-state index < -0.39 is 27.7 Å². The van der Waals surface area contributed by atoms with Gasteiger partial charge in [-0.1, -0.05) is 30.7 Å². The van der Waals surface area contributed by atoms with E-state index in [-0.39, 0.29) is 49.5 Å². The van der Waals surface area contributed by atoms with Crippen LogP contribution in [-0.2, 0) is 26.2 Å². The first kappa shape index (κ1) is 29.5. The third kappa shape index (κ3) is 8.44. The molecule has 0 saturated carbocycles. The second-order valence-electron chi connectivity index (χ2n) is 8.68. The Morgan fingerprint density at radius 1 is 1.06 bits per heavy atom. The van der Waals surface area contributed by atoms with Gasteiger partial charge >= 0.3 is 0 Å². The molecule has 7 nitrogen and oxygen atoms in total. The van der Waals surface area contributed by atoms with E-state index in [4.69, 9.17) is 11.6 Å². The number of nitrogens with zero attached hydrogens (tertiary/aromatic N) is 2. The van der Waals surface area contributed by atoms with Crippen molar-refractivity contribution < 1.29 is 26.8 Å². The molecule has 0 fully saturated rings. The van der Waals surface area contributed by atoms with Crippen LogP contribution in [0.15, 0.2) is 42.5 Å². The summed E-state index contributed by atoms with van der Waals surface area (Å²) in [6.45, 7) is 5.47. The quantitative estimate of drug-likeness (QED) is 0.427. The van der Waals surface area contributed by atoms with Gasteiger partial charge in [0, 0.05) is 36.6 Å². The number of benzene rings is 2. The Morgan fingerprint density at radius 2 is 1.69 bits per heavy atom. The van der Waals surface area contributed by atoms with E-state index in [1.165, 1.54) is 4.90 Å². The van der Waals surface area contributed by atoms with Crippen LogP contribution >= 0.6 is 11.6 Å². The van der Waals surface area contributed by atoms with Gasteiger partial charge in [0.15, 0.2) is 11.6 Å². The van der Waals surface area contributed by atoms with Gasteiger partial charge < -0.3 is 10.2 Å². The summed E-state index contributed by atoms with van der Waals surface area (Å²) in [5.41, 5.74) is 0.735. The Hall–Kier alpha value is -2.72. The maximum Gasteiger partial charge on any atom is 0.242 e. The highest BCUT2D eigenvalue weighted by Crippen LogP contribution is 2.22. The van der Waals surface area contributed by atoms with E-state index in [1.807, 2.05) is 13.8 Å². The molecule has 0 spiro atoms. The van der Waals surface area contributed by atoms with Crippen molar-refractivity contribution in [2.24, 2.45) is 0 Å². The molecule has 2 rings (SSSR count). The normalized spacial score (nSPS) is 13.1. The predicted molar refractivity (Wildman–Crippen MR) is 137 cm³/mol. The fourth-order valence-electron chi connectivity index (χ4n) is 3.48. The summed E-state index contributed by atoms with van der Waals surface area (Å²) in [6.07, 6.45) is 1.71. The lowest BCUT2D eigenvalue weighted by molar-refractivity contribution is -0.140. The van der Waals surface area contributed by atoms with Crippen LogP contribution in [0.25, 0.3) is 0 Å². The summed E-state index contributed by atoms with van der Waals surface area (Å²) in [5.74, 6) is -2.92. The number of nitrogens with one attached hydrogen (secondary N) is 1. The number of amides is 2. The Kier molecular flexibility index (Phi) is 10.7. The highest BCUT2D eigenvalue weighted by Gasteiger charge is 2.27. The average molecular weight is 544 g/mol. The fraction of sp³-hybridized carbons (Fsp3) is 0.440. The van der Waals surface area contributed by atoms with E-state index in [2.05, 4.69) is 5.32 Å².